The van der Waals surface area contributed by atoms with Gasteiger partial charge in [-0.3, -0.25) is 15.0 Å². The fourth-order valence-corrected chi connectivity index (χ4v) is 2.07. The fourth-order valence-electron chi connectivity index (χ4n) is 2.07. The van der Waals surface area contributed by atoms with Gasteiger partial charge in [-0.25, -0.2) is 9.66 Å². The molecule has 0 atom stereocenters. The monoisotopic (exact) mass is 288 g/mol. The summed E-state index contributed by atoms with van der Waals surface area (Å²) in [6.45, 7) is 1.57. The van der Waals surface area contributed by atoms with Crippen LogP contribution in [0.15, 0.2) is 23.4 Å². The molecule has 9 nitrogen and oxygen atoms in total. The maximum Gasteiger partial charge on any atom is 0.280 e. The zero-order valence-electron chi connectivity index (χ0n) is 11.4. The second-order valence-corrected chi connectivity index (χ2v) is 4.42. The zero-order chi connectivity index (χ0) is 15.0. The number of hydrogen-bond donors (Lipinski definition) is 1. The molecule has 0 radical (unpaired) electrons. The molecule has 9 heteroatoms. The Kier molecular flexibility index (Phi) is 3.10. The van der Waals surface area contributed by atoms with Crippen LogP contribution in [0.4, 0.5) is 0 Å². The standard InChI is InChI=1S/C12H12N6O3/c1-7-3-9-8(4-13-12-14-6-15-18(9)12)11(20)17(7)16-10(19)5-21-2/h3-4,6H,5H2,1-2H3,(H,16,19). The molecular weight excluding hydrogens is 276 g/mol. The van der Waals surface area contributed by atoms with Crippen molar-refractivity contribution in [3.8, 4) is 0 Å². The van der Waals surface area contributed by atoms with E-state index in [2.05, 4.69) is 20.5 Å². The summed E-state index contributed by atoms with van der Waals surface area (Å²) in [5.41, 5.74) is 3.23. The van der Waals surface area contributed by atoms with Gasteiger partial charge in [0.1, 0.15) is 12.9 Å². The number of nitrogens with zero attached hydrogens (tertiary/aromatic N) is 5. The SMILES string of the molecule is COCC(=O)Nn1c(C)cc2c(cnc3ncnn32)c1=O. The van der Waals surface area contributed by atoms with Gasteiger partial charge in [0.15, 0.2) is 0 Å². The third-order valence-corrected chi connectivity index (χ3v) is 2.99. The average molecular weight is 288 g/mol. The Morgan fingerprint density at radius 1 is 1.43 bits per heavy atom. The number of ether oxygens (including phenoxy) is 1. The largest absolute Gasteiger partial charge is 0.375 e. The van der Waals surface area contributed by atoms with Crippen LogP contribution in [-0.2, 0) is 9.53 Å². The lowest BCUT2D eigenvalue weighted by Crippen LogP contribution is -2.36. The molecule has 3 aromatic heterocycles. The van der Waals surface area contributed by atoms with Gasteiger partial charge in [0.2, 0.25) is 0 Å². The van der Waals surface area contributed by atoms with E-state index in [-0.39, 0.29) is 12.2 Å². The first-order valence-corrected chi connectivity index (χ1v) is 6.11. The Hall–Kier alpha value is -2.81. The van der Waals surface area contributed by atoms with Crippen LogP contribution in [-0.4, -0.2) is 43.9 Å². The van der Waals surface area contributed by atoms with Crippen molar-refractivity contribution in [1.29, 1.82) is 0 Å². The van der Waals surface area contributed by atoms with Crippen LogP contribution in [0, 0.1) is 6.92 Å². The van der Waals surface area contributed by atoms with E-state index in [1.165, 1.54) is 24.1 Å². The van der Waals surface area contributed by atoms with Gasteiger partial charge in [0.25, 0.3) is 17.2 Å². The quantitative estimate of drug-likeness (QED) is 0.694. The molecule has 0 fully saturated rings. The zero-order valence-corrected chi connectivity index (χ0v) is 11.4. The van der Waals surface area contributed by atoms with Crippen LogP contribution in [0.25, 0.3) is 16.7 Å². The van der Waals surface area contributed by atoms with Crippen molar-refractivity contribution in [3.63, 3.8) is 0 Å². The number of methoxy groups -OCH3 is 1. The third-order valence-electron chi connectivity index (χ3n) is 2.99. The number of rotatable bonds is 3. The maximum atomic E-state index is 12.5. The number of amides is 1. The molecular formula is C12H12N6O3. The number of hydrogen-bond acceptors (Lipinski definition) is 6. The Morgan fingerprint density at radius 3 is 3.00 bits per heavy atom. The highest BCUT2D eigenvalue weighted by Gasteiger charge is 2.12. The highest BCUT2D eigenvalue weighted by Crippen LogP contribution is 2.11. The minimum Gasteiger partial charge on any atom is -0.375 e. The highest BCUT2D eigenvalue weighted by molar-refractivity contribution is 5.86. The van der Waals surface area contributed by atoms with E-state index < -0.39 is 5.91 Å². The molecule has 3 aromatic rings. The lowest BCUT2D eigenvalue weighted by molar-refractivity contribution is -0.120. The number of carbonyl (C=O) groups excluding carboxylic acids is 1. The lowest BCUT2D eigenvalue weighted by Gasteiger charge is -2.12. The van der Waals surface area contributed by atoms with E-state index in [0.717, 1.165) is 4.68 Å². The van der Waals surface area contributed by atoms with E-state index in [9.17, 15) is 9.59 Å². The van der Waals surface area contributed by atoms with Gasteiger partial charge in [0, 0.05) is 19.0 Å². The van der Waals surface area contributed by atoms with Crippen molar-refractivity contribution < 1.29 is 9.53 Å². The van der Waals surface area contributed by atoms with Crippen molar-refractivity contribution in [1.82, 2.24) is 24.3 Å². The van der Waals surface area contributed by atoms with Crippen molar-refractivity contribution >= 4 is 22.6 Å². The first kappa shape index (κ1) is 13.2. The van der Waals surface area contributed by atoms with E-state index in [1.54, 1.807) is 13.0 Å². The summed E-state index contributed by atoms with van der Waals surface area (Å²) in [6, 6.07) is 1.73. The molecule has 108 valence electrons. The first-order chi connectivity index (χ1) is 10.1. The second kappa shape index (κ2) is 4.94. The predicted molar refractivity (Wildman–Crippen MR) is 73.5 cm³/mol. The minimum atomic E-state index is -0.420. The number of fused-ring (bicyclic) bond motifs is 3. The van der Waals surface area contributed by atoms with E-state index in [1.807, 2.05) is 0 Å². The molecule has 1 amide bonds. The van der Waals surface area contributed by atoms with Crippen LogP contribution < -0.4 is 11.0 Å². The van der Waals surface area contributed by atoms with Crippen LogP contribution >= 0.6 is 0 Å². The summed E-state index contributed by atoms with van der Waals surface area (Å²) >= 11 is 0. The van der Waals surface area contributed by atoms with Crippen molar-refractivity contribution in [2.75, 3.05) is 19.1 Å². The molecule has 0 aliphatic heterocycles. The number of pyridine rings is 1. The minimum absolute atomic E-state index is 0.135. The van der Waals surface area contributed by atoms with Gasteiger partial charge < -0.3 is 4.74 Å². The Morgan fingerprint density at radius 2 is 2.24 bits per heavy atom. The normalized spacial score (nSPS) is 11.1. The van der Waals surface area contributed by atoms with Gasteiger partial charge in [-0.15, -0.1) is 0 Å². The predicted octanol–water partition coefficient (Wildman–Crippen LogP) is -0.536. The van der Waals surface area contributed by atoms with Crippen molar-refractivity contribution in [3.05, 3.63) is 34.6 Å². The summed E-state index contributed by atoms with van der Waals surface area (Å²) in [4.78, 5) is 32.1. The van der Waals surface area contributed by atoms with Crippen molar-refractivity contribution in [2.45, 2.75) is 6.92 Å². The summed E-state index contributed by atoms with van der Waals surface area (Å²) in [6.07, 6.45) is 2.78. The lowest BCUT2D eigenvalue weighted by atomic mass is 10.2. The highest BCUT2D eigenvalue weighted by atomic mass is 16.5. The van der Waals surface area contributed by atoms with Crippen LogP contribution in [0.3, 0.4) is 0 Å². The molecule has 3 heterocycles. The van der Waals surface area contributed by atoms with Gasteiger partial charge >= 0.3 is 0 Å². The summed E-state index contributed by atoms with van der Waals surface area (Å²) in [5, 5.41) is 4.37. The molecule has 0 saturated carbocycles. The number of nitrogens with one attached hydrogen (secondary N) is 1. The number of aryl methyl sites for hydroxylation is 1. The molecule has 1 N–H and O–H groups in total. The van der Waals surface area contributed by atoms with E-state index >= 15 is 0 Å². The molecule has 0 aliphatic rings. The van der Waals surface area contributed by atoms with E-state index in [0.29, 0.717) is 22.4 Å². The molecule has 0 bridgehead atoms. The first-order valence-electron chi connectivity index (χ1n) is 6.11. The van der Waals surface area contributed by atoms with E-state index in [4.69, 9.17) is 4.74 Å². The average Bonchev–Trinajstić information content (AvgIpc) is 2.92. The van der Waals surface area contributed by atoms with Gasteiger partial charge in [-0.2, -0.15) is 14.6 Å². The summed E-state index contributed by atoms with van der Waals surface area (Å²) in [5.74, 6) is -0.0145. The fraction of sp³-hybridized carbons (Fsp3) is 0.250. The van der Waals surface area contributed by atoms with Crippen LogP contribution in [0.2, 0.25) is 0 Å². The van der Waals surface area contributed by atoms with Gasteiger partial charge in [-0.05, 0) is 13.0 Å². The van der Waals surface area contributed by atoms with Gasteiger partial charge in [-0.1, -0.05) is 0 Å². The topological polar surface area (TPSA) is 103 Å². The maximum absolute atomic E-state index is 12.5. The van der Waals surface area contributed by atoms with Crippen LogP contribution in [0.5, 0.6) is 0 Å². The smallest absolute Gasteiger partial charge is 0.280 e. The van der Waals surface area contributed by atoms with Gasteiger partial charge in [0.05, 0.1) is 10.9 Å². The number of aromatic nitrogens is 5. The molecule has 0 unspecified atom stereocenters. The Bertz CT molecular complexity index is 897. The molecule has 3 rings (SSSR count). The molecule has 0 spiro atoms. The molecule has 0 aliphatic carbocycles. The molecule has 21 heavy (non-hydrogen) atoms. The summed E-state index contributed by atoms with van der Waals surface area (Å²) < 4.78 is 7.37. The van der Waals surface area contributed by atoms with Crippen molar-refractivity contribution in [2.24, 2.45) is 0 Å². The molecule has 0 aromatic carbocycles. The molecule has 0 saturated heterocycles. The Balaban J connectivity index is 2.21. The summed E-state index contributed by atoms with van der Waals surface area (Å²) in [7, 11) is 1.40. The third kappa shape index (κ3) is 2.13. The van der Waals surface area contributed by atoms with Crippen LogP contribution in [0.1, 0.15) is 5.69 Å². The Labute approximate surface area is 118 Å². The number of carbonyl (C=O) groups is 1. The second-order valence-electron chi connectivity index (χ2n) is 4.42.